The number of halogens is 3. The fraction of sp³-hybridized carbons (Fsp3) is 0.200. The van der Waals surface area contributed by atoms with Gasteiger partial charge < -0.3 is 5.32 Å². The Morgan fingerprint density at radius 1 is 1.14 bits per heavy atom. The van der Waals surface area contributed by atoms with Gasteiger partial charge in [0.15, 0.2) is 0 Å². The highest BCUT2D eigenvalue weighted by atomic mass is 19.4. The van der Waals surface area contributed by atoms with Crippen molar-refractivity contribution in [3.63, 3.8) is 0 Å². The molecule has 0 radical (unpaired) electrons. The lowest BCUT2D eigenvalue weighted by atomic mass is 10.1. The minimum Gasteiger partial charge on any atom is -0.339 e. The van der Waals surface area contributed by atoms with Crippen LogP contribution < -0.4 is 5.32 Å². The van der Waals surface area contributed by atoms with E-state index in [0.717, 1.165) is 6.07 Å². The third kappa shape index (κ3) is 3.31. The lowest BCUT2D eigenvalue weighted by molar-refractivity contribution is -0.138. The second-order valence-electron chi connectivity index (χ2n) is 4.61. The quantitative estimate of drug-likeness (QED) is 0.895. The summed E-state index contributed by atoms with van der Waals surface area (Å²) >= 11 is 0. The van der Waals surface area contributed by atoms with Crippen LogP contribution in [-0.4, -0.2) is 4.98 Å². The average molecular weight is 291 g/mol. The number of alkyl halides is 3. The maximum Gasteiger partial charge on any atom is 0.416 e. The van der Waals surface area contributed by atoms with Crippen molar-refractivity contribution >= 4 is 11.5 Å². The Labute approximate surface area is 120 Å². The molecular formula is C15H12F3N3. The number of pyridine rings is 1. The van der Waals surface area contributed by atoms with Gasteiger partial charge in [0.05, 0.1) is 11.1 Å². The first-order chi connectivity index (χ1) is 9.81. The van der Waals surface area contributed by atoms with Crippen LogP contribution in [0.5, 0.6) is 0 Å². The molecule has 0 aliphatic carbocycles. The summed E-state index contributed by atoms with van der Waals surface area (Å²) in [5.74, 6) is 0.245. The molecule has 0 aliphatic heterocycles. The maximum atomic E-state index is 12.9. The number of anilines is 2. The Morgan fingerprint density at radius 2 is 1.86 bits per heavy atom. The number of benzene rings is 1. The fourth-order valence-electron chi connectivity index (χ4n) is 1.88. The van der Waals surface area contributed by atoms with Crippen LogP contribution in [-0.2, 0) is 6.18 Å². The molecule has 2 rings (SSSR count). The normalized spacial score (nSPS) is 11.0. The molecule has 21 heavy (non-hydrogen) atoms. The molecule has 1 N–H and O–H groups in total. The molecule has 1 heterocycles. The summed E-state index contributed by atoms with van der Waals surface area (Å²) in [4.78, 5) is 4.14. The first-order valence-electron chi connectivity index (χ1n) is 6.14. The molecule has 0 saturated heterocycles. The van der Waals surface area contributed by atoms with Crippen LogP contribution in [0.15, 0.2) is 30.3 Å². The van der Waals surface area contributed by atoms with E-state index in [1.54, 1.807) is 19.1 Å². The molecule has 0 saturated carbocycles. The SMILES string of the molecule is Cc1ccc(C#N)c(Nc2ccc(C)c(C(F)(F)F)c2)n1. The van der Waals surface area contributed by atoms with Crippen LogP contribution in [0.25, 0.3) is 0 Å². The first kappa shape index (κ1) is 14.9. The van der Waals surface area contributed by atoms with Crippen LogP contribution in [0.3, 0.4) is 0 Å². The Bertz CT molecular complexity index is 715. The van der Waals surface area contributed by atoms with Crippen molar-refractivity contribution < 1.29 is 13.2 Å². The first-order valence-corrected chi connectivity index (χ1v) is 6.14. The number of aryl methyl sites for hydroxylation is 2. The van der Waals surface area contributed by atoms with Crippen molar-refractivity contribution in [1.82, 2.24) is 4.98 Å². The minimum absolute atomic E-state index is 0.144. The van der Waals surface area contributed by atoms with Crippen molar-refractivity contribution in [2.75, 3.05) is 5.32 Å². The van der Waals surface area contributed by atoms with E-state index in [1.807, 2.05) is 6.07 Å². The van der Waals surface area contributed by atoms with E-state index in [2.05, 4.69) is 10.3 Å². The van der Waals surface area contributed by atoms with Gasteiger partial charge in [-0.3, -0.25) is 0 Å². The van der Waals surface area contributed by atoms with Crippen molar-refractivity contribution in [2.24, 2.45) is 0 Å². The van der Waals surface area contributed by atoms with E-state index in [4.69, 9.17) is 5.26 Å². The smallest absolute Gasteiger partial charge is 0.339 e. The van der Waals surface area contributed by atoms with Crippen LogP contribution in [0, 0.1) is 25.2 Å². The molecule has 0 amide bonds. The highest BCUT2D eigenvalue weighted by Gasteiger charge is 2.32. The van der Waals surface area contributed by atoms with Crippen LogP contribution in [0.1, 0.15) is 22.4 Å². The highest BCUT2D eigenvalue weighted by Crippen LogP contribution is 2.34. The van der Waals surface area contributed by atoms with E-state index in [9.17, 15) is 13.2 Å². The standard InChI is InChI=1S/C15H12F3N3/c1-9-3-6-12(7-13(9)15(16,17)18)21-14-11(8-19)5-4-10(2)20-14/h3-7H,1-2H3,(H,20,21). The van der Waals surface area contributed by atoms with E-state index >= 15 is 0 Å². The van der Waals surface area contributed by atoms with Crippen LogP contribution in [0.4, 0.5) is 24.7 Å². The summed E-state index contributed by atoms with van der Waals surface area (Å²) in [6.07, 6.45) is -4.42. The van der Waals surface area contributed by atoms with E-state index in [0.29, 0.717) is 5.69 Å². The molecular weight excluding hydrogens is 279 g/mol. The fourth-order valence-corrected chi connectivity index (χ4v) is 1.88. The Morgan fingerprint density at radius 3 is 2.48 bits per heavy atom. The van der Waals surface area contributed by atoms with Gasteiger partial charge in [0.25, 0.3) is 0 Å². The molecule has 0 bridgehead atoms. The summed E-state index contributed by atoms with van der Waals surface area (Å²) in [6, 6.07) is 9.11. The van der Waals surface area contributed by atoms with Gasteiger partial charge in [-0.2, -0.15) is 18.4 Å². The predicted molar refractivity (Wildman–Crippen MR) is 73.2 cm³/mol. The molecule has 1 aromatic heterocycles. The van der Waals surface area contributed by atoms with Crippen molar-refractivity contribution in [1.29, 1.82) is 5.26 Å². The van der Waals surface area contributed by atoms with Crippen molar-refractivity contribution in [3.8, 4) is 6.07 Å². The second-order valence-corrected chi connectivity index (χ2v) is 4.61. The Hall–Kier alpha value is -2.55. The highest BCUT2D eigenvalue weighted by molar-refractivity contribution is 5.64. The molecule has 3 nitrogen and oxygen atoms in total. The Kier molecular flexibility index (Phi) is 3.85. The molecule has 1 aromatic carbocycles. The number of hydrogen-bond acceptors (Lipinski definition) is 3. The number of hydrogen-bond donors (Lipinski definition) is 1. The lowest BCUT2D eigenvalue weighted by Gasteiger charge is -2.13. The molecule has 0 atom stereocenters. The number of nitrogens with zero attached hydrogens (tertiary/aromatic N) is 2. The van der Waals surface area contributed by atoms with Gasteiger partial charge in [-0.05, 0) is 43.7 Å². The average Bonchev–Trinajstić information content (AvgIpc) is 2.40. The summed E-state index contributed by atoms with van der Waals surface area (Å²) in [7, 11) is 0. The maximum absolute atomic E-state index is 12.9. The van der Waals surface area contributed by atoms with E-state index in [-0.39, 0.29) is 22.6 Å². The van der Waals surface area contributed by atoms with Gasteiger partial charge in [0.1, 0.15) is 11.9 Å². The number of nitrogens with one attached hydrogen (secondary N) is 1. The Balaban J connectivity index is 2.42. The largest absolute Gasteiger partial charge is 0.416 e. The third-order valence-electron chi connectivity index (χ3n) is 2.96. The molecule has 0 spiro atoms. The molecule has 0 aliphatic rings. The van der Waals surface area contributed by atoms with Crippen LogP contribution in [0.2, 0.25) is 0 Å². The summed E-state index contributed by atoms with van der Waals surface area (Å²) < 4.78 is 38.6. The molecule has 0 fully saturated rings. The topological polar surface area (TPSA) is 48.7 Å². The summed E-state index contributed by atoms with van der Waals surface area (Å²) in [6.45, 7) is 3.14. The minimum atomic E-state index is -4.42. The summed E-state index contributed by atoms with van der Waals surface area (Å²) in [5, 5.41) is 11.8. The van der Waals surface area contributed by atoms with Gasteiger partial charge in [0, 0.05) is 11.4 Å². The number of aromatic nitrogens is 1. The van der Waals surface area contributed by atoms with E-state index < -0.39 is 11.7 Å². The molecule has 108 valence electrons. The van der Waals surface area contributed by atoms with Gasteiger partial charge >= 0.3 is 6.18 Å². The molecule has 2 aromatic rings. The predicted octanol–water partition coefficient (Wildman–Crippen LogP) is 4.33. The zero-order chi connectivity index (χ0) is 15.6. The third-order valence-corrected chi connectivity index (χ3v) is 2.96. The monoisotopic (exact) mass is 291 g/mol. The molecule has 0 unspecified atom stereocenters. The van der Waals surface area contributed by atoms with Gasteiger partial charge in [-0.1, -0.05) is 6.07 Å². The second kappa shape index (κ2) is 5.44. The van der Waals surface area contributed by atoms with E-state index in [1.165, 1.54) is 19.1 Å². The molecule has 6 heteroatoms. The van der Waals surface area contributed by atoms with Gasteiger partial charge in [0.2, 0.25) is 0 Å². The zero-order valence-corrected chi connectivity index (χ0v) is 11.4. The lowest BCUT2D eigenvalue weighted by Crippen LogP contribution is -2.08. The van der Waals surface area contributed by atoms with Crippen molar-refractivity contribution in [3.05, 3.63) is 52.7 Å². The number of rotatable bonds is 2. The van der Waals surface area contributed by atoms with Gasteiger partial charge in [-0.25, -0.2) is 4.98 Å². The van der Waals surface area contributed by atoms with Crippen LogP contribution >= 0.6 is 0 Å². The van der Waals surface area contributed by atoms with Crippen molar-refractivity contribution in [2.45, 2.75) is 20.0 Å². The van der Waals surface area contributed by atoms with Gasteiger partial charge in [-0.15, -0.1) is 0 Å². The zero-order valence-electron chi connectivity index (χ0n) is 11.4. The number of nitriles is 1. The summed E-state index contributed by atoms with van der Waals surface area (Å²) in [5.41, 5.74) is 0.612.